The SMILES string of the molecule is Cc1cc(C2CC2(C)C)cc(Cl)n1. The Morgan fingerprint density at radius 2 is 2.08 bits per heavy atom. The van der Waals surface area contributed by atoms with E-state index in [9.17, 15) is 0 Å². The minimum atomic E-state index is 0.469. The molecule has 1 saturated carbocycles. The van der Waals surface area contributed by atoms with Crippen molar-refractivity contribution in [1.82, 2.24) is 4.98 Å². The number of hydrogen-bond acceptors (Lipinski definition) is 1. The normalized spacial score (nSPS) is 24.5. The van der Waals surface area contributed by atoms with Gasteiger partial charge in [0, 0.05) is 5.69 Å². The number of aromatic nitrogens is 1. The first-order valence-corrected chi connectivity index (χ1v) is 5.01. The second kappa shape index (κ2) is 2.71. The Morgan fingerprint density at radius 1 is 1.46 bits per heavy atom. The number of pyridine rings is 1. The van der Waals surface area contributed by atoms with Crippen LogP contribution in [0.25, 0.3) is 0 Å². The molecule has 1 aliphatic rings. The third-order valence-electron chi connectivity index (χ3n) is 2.86. The van der Waals surface area contributed by atoms with Crippen LogP contribution in [0.3, 0.4) is 0 Å². The van der Waals surface area contributed by atoms with Crippen molar-refractivity contribution in [2.45, 2.75) is 33.1 Å². The van der Waals surface area contributed by atoms with Crippen molar-refractivity contribution in [1.29, 1.82) is 0 Å². The van der Waals surface area contributed by atoms with Gasteiger partial charge in [-0.3, -0.25) is 0 Å². The van der Waals surface area contributed by atoms with E-state index in [1.165, 1.54) is 12.0 Å². The smallest absolute Gasteiger partial charge is 0.129 e. The average Bonchev–Trinajstić information content (AvgIpc) is 2.57. The molecule has 1 atom stereocenters. The molecule has 2 rings (SSSR count). The minimum absolute atomic E-state index is 0.469. The maximum absolute atomic E-state index is 5.90. The van der Waals surface area contributed by atoms with E-state index < -0.39 is 0 Å². The van der Waals surface area contributed by atoms with E-state index in [0.717, 1.165) is 5.69 Å². The highest BCUT2D eigenvalue weighted by Crippen LogP contribution is 2.58. The third-order valence-corrected chi connectivity index (χ3v) is 3.05. The summed E-state index contributed by atoms with van der Waals surface area (Å²) in [6.07, 6.45) is 1.27. The highest BCUT2D eigenvalue weighted by molar-refractivity contribution is 6.29. The Labute approximate surface area is 84.1 Å². The zero-order valence-corrected chi connectivity index (χ0v) is 9.02. The minimum Gasteiger partial charge on any atom is -0.241 e. The first-order chi connectivity index (χ1) is 5.99. The van der Waals surface area contributed by atoms with Gasteiger partial charge in [-0.1, -0.05) is 25.4 Å². The molecule has 1 aliphatic carbocycles. The van der Waals surface area contributed by atoms with Crippen LogP contribution < -0.4 is 0 Å². The average molecular weight is 196 g/mol. The molecule has 0 saturated heterocycles. The molecule has 13 heavy (non-hydrogen) atoms. The summed E-state index contributed by atoms with van der Waals surface area (Å²) < 4.78 is 0. The Kier molecular flexibility index (Phi) is 1.88. The molecular weight excluding hydrogens is 182 g/mol. The van der Waals surface area contributed by atoms with Crippen LogP contribution in [0, 0.1) is 12.3 Å². The van der Waals surface area contributed by atoms with E-state index in [1.807, 2.05) is 13.0 Å². The highest BCUT2D eigenvalue weighted by Gasteiger charge is 2.46. The summed E-state index contributed by atoms with van der Waals surface area (Å²) in [5.41, 5.74) is 2.84. The molecule has 0 aliphatic heterocycles. The summed E-state index contributed by atoms with van der Waals surface area (Å²) in [7, 11) is 0. The van der Waals surface area contributed by atoms with Gasteiger partial charge >= 0.3 is 0 Å². The van der Waals surface area contributed by atoms with E-state index in [0.29, 0.717) is 16.5 Å². The summed E-state index contributed by atoms with van der Waals surface area (Å²) in [5.74, 6) is 0.687. The van der Waals surface area contributed by atoms with Gasteiger partial charge in [-0.15, -0.1) is 0 Å². The van der Waals surface area contributed by atoms with Crippen molar-refractivity contribution >= 4 is 11.6 Å². The summed E-state index contributed by atoms with van der Waals surface area (Å²) in [5, 5.41) is 0.623. The Hall–Kier alpha value is -0.560. The van der Waals surface area contributed by atoms with E-state index in [4.69, 9.17) is 11.6 Å². The summed E-state index contributed by atoms with van der Waals surface area (Å²) in [4.78, 5) is 4.16. The van der Waals surface area contributed by atoms with Gasteiger partial charge in [0.25, 0.3) is 0 Å². The van der Waals surface area contributed by atoms with Crippen molar-refractivity contribution in [2.24, 2.45) is 5.41 Å². The Morgan fingerprint density at radius 3 is 2.54 bits per heavy atom. The van der Waals surface area contributed by atoms with Crippen molar-refractivity contribution < 1.29 is 0 Å². The molecule has 0 spiro atoms. The monoisotopic (exact) mass is 195 g/mol. The molecule has 2 heteroatoms. The van der Waals surface area contributed by atoms with Gasteiger partial charge in [-0.2, -0.15) is 0 Å². The number of hydrogen-bond donors (Lipinski definition) is 0. The van der Waals surface area contributed by atoms with E-state index in [1.54, 1.807) is 0 Å². The summed E-state index contributed by atoms with van der Waals surface area (Å²) >= 11 is 5.90. The maximum Gasteiger partial charge on any atom is 0.129 e. The van der Waals surface area contributed by atoms with E-state index in [2.05, 4.69) is 24.9 Å². The number of rotatable bonds is 1. The molecule has 1 aromatic rings. The van der Waals surface area contributed by atoms with Gasteiger partial charge in [0.15, 0.2) is 0 Å². The lowest BCUT2D eigenvalue weighted by molar-refractivity contribution is 0.621. The molecule has 0 bridgehead atoms. The lowest BCUT2D eigenvalue weighted by Crippen LogP contribution is -1.92. The molecule has 0 radical (unpaired) electrons. The van der Waals surface area contributed by atoms with Crippen LogP contribution in [0.15, 0.2) is 12.1 Å². The van der Waals surface area contributed by atoms with Gasteiger partial charge in [0.05, 0.1) is 0 Å². The first kappa shape index (κ1) is 9.01. The third kappa shape index (κ3) is 1.71. The quantitative estimate of drug-likeness (QED) is 0.625. The zero-order valence-electron chi connectivity index (χ0n) is 8.26. The van der Waals surface area contributed by atoms with Gasteiger partial charge in [0.1, 0.15) is 5.15 Å². The number of nitrogens with zero attached hydrogens (tertiary/aromatic N) is 1. The predicted octanol–water partition coefficient (Wildman–Crippen LogP) is 3.56. The van der Waals surface area contributed by atoms with E-state index >= 15 is 0 Å². The fourth-order valence-electron chi connectivity index (χ4n) is 1.89. The summed E-state index contributed by atoms with van der Waals surface area (Å²) in [6.45, 7) is 6.58. The van der Waals surface area contributed by atoms with Crippen molar-refractivity contribution in [3.63, 3.8) is 0 Å². The van der Waals surface area contributed by atoms with Gasteiger partial charge in [-0.25, -0.2) is 4.98 Å². The fourth-order valence-corrected chi connectivity index (χ4v) is 2.15. The van der Waals surface area contributed by atoms with E-state index in [-0.39, 0.29) is 0 Å². The van der Waals surface area contributed by atoms with Gasteiger partial charge in [-0.05, 0) is 42.4 Å². The lowest BCUT2D eigenvalue weighted by Gasteiger charge is -2.04. The molecule has 1 heterocycles. The van der Waals surface area contributed by atoms with Crippen molar-refractivity contribution in [2.75, 3.05) is 0 Å². The van der Waals surface area contributed by atoms with Crippen LogP contribution in [-0.2, 0) is 0 Å². The second-order valence-electron chi connectivity index (χ2n) is 4.61. The highest BCUT2D eigenvalue weighted by atomic mass is 35.5. The van der Waals surface area contributed by atoms with Crippen LogP contribution in [0.1, 0.15) is 37.4 Å². The molecule has 1 fully saturated rings. The predicted molar refractivity (Wildman–Crippen MR) is 55.1 cm³/mol. The molecule has 1 unspecified atom stereocenters. The molecule has 0 aromatic carbocycles. The molecule has 1 nitrogen and oxygen atoms in total. The van der Waals surface area contributed by atoms with Crippen LogP contribution in [-0.4, -0.2) is 4.98 Å². The molecular formula is C11H14ClN. The number of aryl methyl sites for hydroxylation is 1. The van der Waals surface area contributed by atoms with Crippen molar-refractivity contribution in [3.8, 4) is 0 Å². The first-order valence-electron chi connectivity index (χ1n) is 4.63. The van der Waals surface area contributed by atoms with Crippen LogP contribution in [0.2, 0.25) is 5.15 Å². The van der Waals surface area contributed by atoms with Gasteiger partial charge in [0.2, 0.25) is 0 Å². The zero-order chi connectivity index (χ0) is 9.64. The van der Waals surface area contributed by atoms with Crippen LogP contribution in [0.4, 0.5) is 0 Å². The number of halogens is 1. The van der Waals surface area contributed by atoms with Gasteiger partial charge < -0.3 is 0 Å². The van der Waals surface area contributed by atoms with Crippen molar-refractivity contribution in [3.05, 3.63) is 28.5 Å². The Bertz CT molecular complexity index is 324. The lowest BCUT2D eigenvalue weighted by atomic mass is 10.0. The van der Waals surface area contributed by atoms with Crippen LogP contribution >= 0.6 is 11.6 Å². The molecule has 0 N–H and O–H groups in total. The topological polar surface area (TPSA) is 12.9 Å². The maximum atomic E-state index is 5.90. The fraction of sp³-hybridized carbons (Fsp3) is 0.545. The van der Waals surface area contributed by atoms with Crippen LogP contribution in [0.5, 0.6) is 0 Å². The largest absolute Gasteiger partial charge is 0.241 e. The summed E-state index contributed by atoms with van der Waals surface area (Å²) in [6, 6.07) is 4.14. The Balaban J connectivity index is 2.32. The second-order valence-corrected chi connectivity index (χ2v) is 5.00. The molecule has 0 amide bonds. The molecule has 70 valence electrons. The standard InChI is InChI=1S/C11H14ClN/c1-7-4-8(5-10(12)13-7)9-6-11(9,2)3/h4-5,9H,6H2,1-3H3. The molecule has 1 aromatic heterocycles.